The SMILES string of the molecule is COC(CNC(=O)c1c[nH]c2ccccc2c1=O)C(=O)O. The molecule has 1 amide bonds. The lowest BCUT2D eigenvalue weighted by molar-refractivity contribution is -0.148. The van der Waals surface area contributed by atoms with Gasteiger partial charge in [-0.3, -0.25) is 9.59 Å². The molecular weight excluding hydrogens is 276 g/mol. The minimum atomic E-state index is -1.19. The van der Waals surface area contributed by atoms with Gasteiger partial charge in [0.15, 0.2) is 6.10 Å². The van der Waals surface area contributed by atoms with Crippen LogP contribution in [0.2, 0.25) is 0 Å². The van der Waals surface area contributed by atoms with Gasteiger partial charge in [-0.2, -0.15) is 0 Å². The second-order valence-corrected chi connectivity index (χ2v) is 4.35. The number of carboxylic acid groups (broad SMARTS) is 1. The van der Waals surface area contributed by atoms with Crippen molar-refractivity contribution in [2.45, 2.75) is 6.10 Å². The van der Waals surface area contributed by atoms with E-state index in [9.17, 15) is 14.4 Å². The summed E-state index contributed by atoms with van der Waals surface area (Å²) in [5, 5.41) is 11.6. The molecule has 0 bridgehead atoms. The number of benzene rings is 1. The molecule has 0 saturated carbocycles. The molecule has 21 heavy (non-hydrogen) atoms. The summed E-state index contributed by atoms with van der Waals surface area (Å²) in [4.78, 5) is 37.8. The molecule has 0 spiro atoms. The zero-order chi connectivity index (χ0) is 15.4. The number of carboxylic acids is 1. The van der Waals surface area contributed by atoms with Crippen LogP contribution in [0.5, 0.6) is 0 Å². The second-order valence-electron chi connectivity index (χ2n) is 4.35. The fraction of sp³-hybridized carbons (Fsp3) is 0.214. The summed E-state index contributed by atoms with van der Waals surface area (Å²) >= 11 is 0. The van der Waals surface area contributed by atoms with Crippen LogP contribution in [0.15, 0.2) is 35.3 Å². The first-order valence-electron chi connectivity index (χ1n) is 6.19. The van der Waals surface area contributed by atoms with Crippen molar-refractivity contribution >= 4 is 22.8 Å². The van der Waals surface area contributed by atoms with Gasteiger partial charge in [-0.05, 0) is 12.1 Å². The molecule has 1 aromatic carbocycles. The van der Waals surface area contributed by atoms with Crippen molar-refractivity contribution in [3.63, 3.8) is 0 Å². The van der Waals surface area contributed by atoms with E-state index in [0.717, 1.165) is 0 Å². The smallest absolute Gasteiger partial charge is 0.334 e. The van der Waals surface area contributed by atoms with Crippen LogP contribution in [0.25, 0.3) is 10.9 Å². The Balaban J connectivity index is 2.22. The Labute approximate surface area is 119 Å². The molecule has 7 nitrogen and oxygen atoms in total. The molecule has 0 radical (unpaired) electrons. The molecule has 2 rings (SSSR count). The monoisotopic (exact) mass is 290 g/mol. The number of nitrogens with one attached hydrogen (secondary N) is 2. The number of hydrogen-bond acceptors (Lipinski definition) is 4. The summed E-state index contributed by atoms with van der Waals surface area (Å²) in [6.07, 6.45) is 0.149. The van der Waals surface area contributed by atoms with E-state index in [1.165, 1.54) is 13.3 Å². The minimum absolute atomic E-state index is 0.0751. The molecule has 7 heteroatoms. The van der Waals surface area contributed by atoms with Gasteiger partial charge < -0.3 is 20.1 Å². The summed E-state index contributed by atoms with van der Waals surface area (Å²) in [6, 6.07) is 6.81. The van der Waals surface area contributed by atoms with Crippen LogP contribution in [0.1, 0.15) is 10.4 Å². The molecule has 1 aromatic heterocycles. The van der Waals surface area contributed by atoms with Crippen LogP contribution in [0, 0.1) is 0 Å². The van der Waals surface area contributed by atoms with E-state index in [2.05, 4.69) is 10.3 Å². The molecule has 0 aliphatic carbocycles. The number of amides is 1. The lowest BCUT2D eigenvalue weighted by Crippen LogP contribution is -2.39. The average Bonchev–Trinajstić information content (AvgIpc) is 2.48. The van der Waals surface area contributed by atoms with Crippen molar-refractivity contribution < 1.29 is 19.4 Å². The maximum Gasteiger partial charge on any atom is 0.334 e. The van der Waals surface area contributed by atoms with Crippen molar-refractivity contribution in [3.8, 4) is 0 Å². The summed E-state index contributed by atoms with van der Waals surface area (Å²) in [6.45, 7) is -0.225. The number of ether oxygens (including phenoxy) is 1. The van der Waals surface area contributed by atoms with E-state index < -0.39 is 23.4 Å². The van der Waals surface area contributed by atoms with Gasteiger partial charge in [-0.1, -0.05) is 12.1 Å². The first kappa shape index (κ1) is 14.7. The van der Waals surface area contributed by atoms with Crippen molar-refractivity contribution in [2.24, 2.45) is 0 Å². The van der Waals surface area contributed by atoms with E-state index in [0.29, 0.717) is 10.9 Å². The maximum absolute atomic E-state index is 12.2. The van der Waals surface area contributed by atoms with E-state index in [1.807, 2.05) is 0 Å². The second kappa shape index (κ2) is 6.19. The number of aromatic nitrogens is 1. The van der Waals surface area contributed by atoms with Crippen molar-refractivity contribution in [3.05, 3.63) is 46.2 Å². The topological polar surface area (TPSA) is 108 Å². The van der Waals surface area contributed by atoms with Crippen molar-refractivity contribution in [1.29, 1.82) is 0 Å². The Morgan fingerprint density at radius 3 is 2.76 bits per heavy atom. The first-order chi connectivity index (χ1) is 10.0. The zero-order valence-electron chi connectivity index (χ0n) is 11.3. The molecule has 1 atom stereocenters. The molecule has 3 N–H and O–H groups in total. The first-order valence-corrected chi connectivity index (χ1v) is 6.19. The highest BCUT2D eigenvalue weighted by molar-refractivity contribution is 5.97. The molecule has 2 aromatic rings. The molecule has 1 heterocycles. The van der Waals surface area contributed by atoms with Crippen LogP contribution < -0.4 is 10.7 Å². The lowest BCUT2D eigenvalue weighted by atomic mass is 10.1. The van der Waals surface area contributed by atoms with Gasteiger partial charge in [-0.25, -0.2) is 4.79 Å². The fourth-order valence-electron chi connectivity index (χ4n) is 1.89. The van der Waals surface area contributed by atoms with Crippen LogP contribution in [0.3, 0.4) is 0 Å². The number of pyridine rings is 1. The Bertz CT molecular complexity index is 737. The van der Waals surface area contributed by atoms with Gasteiger partial charge in [0.1, 0.15) is 5.56 Å². The highest BCUT2D eigenvalue weighted by Gasteiger charge is 2.19. The molecule has 0 aliphatic heterocycles. The zero-order valence-corrected chi connectivity index (χ0v) is 11.3. The number of carbonyl (C=O) groups excluding carboxylic acids is 1. The van der Waals surface area contributed by atoms with Crippen molar-refractivity contribution in [1.82, 2.24) is 10.3 Å². The number of methoxy groups -OCH3 is 1. The number of fused-ring (bicyclic) bond motifs is 1. The predicted octanol–water partition coefficient (Wildman–Crippen LogP) is 0.357. The molecule has 0 saturated heterocycles. The number of carbonyl (C=O) groups is 2. The molecule has 0 fully saturated rings. The highest BCUT2D eigenvalue weighted by Crippen LogP contribution is 2.06. The van der Waals surface area contributed by atoms with Crippen molar-refractivity contribution in [2.75, 3.05) is 13.7 Å². The van der Waals surface area contributed by atoms with Crippen LogP contribution in [0.4, 0.5) is 0 Å². The van der Waals surface area contributed by atoms with Gasteiger partial charge in [0, 0.05) is 24.2 Å². The van der Waals surface area contributed by atoms with Gasteiger partial charge in [0.25, 0.3) is 5.91 Å². The van der Waals surface area contributed by atoms with Gasteiger partial charge in [0.2, 0.25) is 5.43 Å². The Kier molecular flexibility index (Phi) is 4.34. The highest BCUT2D eigenvalue weighted by atomic mass is 16.5. The van der Waals surface area contributed by atoms with Gasteiger partial charge in [0.05, 0.1) is 6.54 Å². The molecule has 0 aliphatic rings. The Morgan fingerprint density at radius 2 is 2.10 bits per heavy atom. The third kappa shape index (κ3) is 3.09. The number of aromatic amines is 1. The maximum atomic E-state index is 12.2. The standard InChI is InChI=1S/C14H14N2O5/c1-21-11(14(19)20)7-16-13(18)9-6-15-10-5-3-2-4-8(10)12(9)17/h2-6,11H,7H2,1H3,(H,15,17)(H,16,18)(H,19,20). The number of para-hydroxylation sites is 1. The van der Waals surface area contributed by atoms with Crippen LogP contribution >= 0.6 is 0 Å². The van der Waals surface area contributed by atoms with E-state index in [4.69, 9.17) is 9.84 Å². The Morgan fingerprint density at radius 1 is 1.38 bits per heavy atom. The molecule has 1 unspecified atom stereocenters. The van der Waals surface area contributed by atoms with Crippen LogP contribution in [-0.2, 0) is 9.53 Å². The summed E-state index contributed by atoms with van der Waals surface area (Å²) in [7, 11) is 1.23. The molecule has 110 valence electrons. The summed E-state index contributed by atoms with van der Waals surface area (Å²) < 4.78 is 4.70. The molecular formula is C14H14N2O5. The van der Waals surface area contributed by atoms with E-state index in [1.54, 1.807) is 24.3 Å². The average molecular weight is 290 g/mol. The number of aliphatic carboxylic acids is 1. The Hall–Kier alpha value is -2.67. The fourth-order valence-corrected chi connectivity index (χ4v) is 1.89. The normalized spacial score (nSPS) is 12.0. The number of hydrogen-bond donors (Lipinski definition) is 3. The number of rotatable bonds is 5. The minimum Gasteiger partial charge on any atom is -0.479 e. The lowest BCUT2D eigenvalue weighted by Gasteiger charge is -2.11. The van der Waals surface area contributed by atoms with Gasteiger partial charge >= 0.3 is 5.97 Å². The summed E-state index contributed by atoms with van der Waals surface area (Å²) in [5.41, 5.74) is 0.138. The van der Waals surface area contributed by atoms with E-state index >= 15 is 0 Å². The van der Waals surface area contributed by atoms with Gasteiger partial charge in [-0.15, -0.1) is 0 Å². The predicted molar refractivity (Wildman–Crippen MR) is 75.3 cm³/mol. The quantitative estimate of drug-likeness (QED) is 0.736. The third-order valence-electron chi connectivity index (χ3n) is 3.04. The number of H-pyrrole nitrogens is 1. The largest absolute Gasteiger partial charge is 0.479 e. The third-order valence-corrected chi connectivity index (χ3v) is 3.04. The van der Waals surface area contributed by atoms with Crippen LogP contribution in [-0.4, -0.2) is 41.7 Å². The summed E-state index contributed by atoms with van der Waals surface area (Å²) in [5.74, 6) is -1.84. The van der Waals surface area contributed by atoms with E-state index in [-0.39, 0.29) is 12.1 Å².